The molecule has 1 aliphatic heterocycles. The summed E-state index contributed by atoms with van der Waals surface area (Å²) in [6.07, 6.45) is 2.65. The maximum Gasteiger partial charge on any atom is 0.212 e. The summed E-state index contributed by atoms with van der Waals surface area (Å²) in [6, 6.07) is -0.296. The summed E-state index contributed by atoms with van der Waals surface area (Å²) < 4.78 is 32.6. The molecule has 1 aliphatic rings. The van der Waals surface area contributed by atoms with Crippen molar-refractivity contribution in [2.45, 2.75) is 64.5 Å². The molecule has 1 fully saturated rings. The summed E-state index contributed by atoms with van der Waals surface area (Å²) in [5.74, 6) is 0.111. The molecular formula is C15H26N2O3S2. The molecule has 22 heavy (non-hydrogen) atoms. The van der Waals surface area contributed by atoms with Crippen molar-refractivity contribution >= 4 is 21.4 Å². The molecule has 5 nitrogen and oxygen atoms in total. The number of aromatic nitrogens is 1. The zero-order valence-corrected chi connectivity index (χ0v) is 15.4. The molecule has 2 atom stereocenters. The number of sulfonamides is 1. The molecule has 2 rings (SSSR count). The Kier molecular flexibility index (Phi) is 5.63. The molecule has 0 unspecified atom stereocenters. The Labute approximate surface area is 137 Å². The standard InChI is InChI=1S/C15H26N2O3S2/c1-11(14-16-13(10-21-14)15(2,3)4)17-22(18,19)9-7-12-6-5-8-20-12/h10-12,17H,5-9H2,1-4H3/t11-,12+/m1/s1. The van der Waals surface area contributed by atoms with Gasteiger partial charge in [-0.1, -0.05) is 20.8 Å². The predicted octanol–water partition coefficient (Wildman–Crippen LogP) is 2.99. The molecule has 1 aromatic rings. The zero-order valence-electron chi connectivity index (χ0n) is 13.8. The number of thiazole rings is 1. The first-order chi connectivity index (χ1) is 10.2. The third-order valence-corrected chi connectivity index (χ3v) is 6.26. The summed E-state index contributed by atoms with van der Waals surface area (Å²) in [4.78, 5) is 4.57. The van der Waals surface area contributed by atoms with E-state index in [-0.39, 0.29) is 23.3 Å². The lowest BCUT2D eigenvalue weighted by Crippen LogP contribution is -2.30. The van der Waals surface area contributed by atoms with E-state index in [9.17, 15) is 8.42 Å². The predicted molar refractivity (Wildman–Crippen MR) is 89.7 cm³/mol. The SMILES string of the molecule is C[C@@H](NS(=O)(=O)CC[C@@H]1CCCO1)c1nc(C(C)(C)C)cs1. The van der Waals surface area contributed by atoms with Crippen molar-refractivity contribution < 1.29 is 13.2 Å². The van der Waals surface area contributed by atoms with Gasteiger partial charge in [0.25, 0.3) is 0 Å². The van der Waals surface area contributed by atoms with E-state index in [1.165, 1.54) is 11.3 Å². The lowest BCUT2D eigenvalue weighted by Gasteiger charge is -2.16. The molecule has 1 N–H and O–H groups in total. The highest BCUT2D eigenvalue weighted by Gasteiger charge is 2.24. The van der Waals surface area contributed by atoms with Crippen molar-refractivity contribution in [3.8, 4) is 0 Å². The lowest BCUT2D eigenvalue weighted by atomic mass is 9.93. The van der Waals surface area contributed by atoms with Gasteiger partial charge in [-0.2, -0.15) is 0 Å². The highest BCUT2D eigenvalue weighted by Crippen LogP contribution is 2.27. The highest BCUT2D eigenvalue weighted by atomic mass is 32.2. The van der Waals surface area contributed by atoms with Gasteiger partial charge in [0, 0.05) is 17.4 Å². The normalized spacial score (nSPS) is 21.2. The minimum Gasteiger partial charge on any atom is -0.378 e. The van der Waals surface area contributed by atoms with Crippen LogP contribution in [-0.4, -0.2) is 31.9 Å². The van der Waals surface area contributed by atoms with Crippen LogP contribution < -0.4 is 4.72 Å². The Morgan fingerprint density at radius 2 is 2.23 bits per heavy atom. The smallest absolute Gasteiger partial charge is 0.212 e. The molecule has 0 spiro atoms. The van der Waals surface area contributed by atoms with Crippen molar-refractivity contribution in [2.75, 3.05) is 12.4 Å². The quantitative estimate of drug-likeness (QED) is 0.860. The largest absolute Gasteiger partial charge is 0.378 e. The molecule has 0 saturated carbocycles. The van der Waals surface area contributed by atoms with Crippen molar-refractivity contribution in [1.82, 2.24) is 9.71 Å². The highest BCUT2D eigenvalue weighted by molar-refractivity contribution is 7.89. The van der Waals surface area contributed by atoms with Crippen LogP contribution in [0.5, 0.6) is 0 Å². The number of nitrogens with one attached hydrogen (secondary N) is 1. The molecule has 0 aromatic carbocycles. The van der Waals surface area contributed by atoms with Crippen molar-refractivity contribution in [3.63, 3.8) is 0 Å². The van der Waals surface area contributed by atoms with Crippen LogP contribution >= 0.6 is 11.3 Å². The van der Waals surface area contributed by atoms with Gasteiger partial charge in [-0.15, -0.1) is 11.3 Å². The van der Waals surface area contributed by atoms with Gasteiger partial charge < -0.3 is 4.74 Å². The fourth-order valence-corrected chi connectivity index (χ4v) is 4.84. The van der Waals surface area contributed by atoms with Crippen molar-refractivity contribution in [3.05, 3.63) is 16.1 Å². The fourth-order valence-electron chi connectivity index (χ4n) is 2.37. The summed E-state index contributed by atoms with van der Waals surface area (Å²) in [5.41, 5.74) is 0.977. The van der Waals surface area contributed by atoms with Gasteiger partial charge in [-0.25, -0.2) is 18.1 Å². The molecule has 0 radical (unpaired) electrons. The monoisotopic (exact) mass is 346 g/mol. The minimum absolute atomic E-state index is 0.0207. The lowest BCUT2D eigenvalue weighted by molar-refractivity contribution is 0.108. The number of hydrogen-bond donors (Lipinski definition) is 1. The molecule has 0 bridgehead atoms. The van der Waals surface area contributed by atoms with E-state index in [2.05, 4.69) is 30.5 Å². The first-order valence-corrected chi connectivity index (χ1v) is 10.3. The second-order valence-corrected chi connectivity index (χ2v) is 9.67. The zero-order chi connectivity index (χ0) is 16.4. The molecule has 0 amide bonds. The van der Waals surface area contributed by atoms with Gasteiger partial charge in [-0.05, 0) is 26.2 Å². The first kappa shape index (κ1) is 17.8. The summed E-state index contributed by atoms with van der Waals surface area (Å²) in [6.45, 7) is 8.89. The number of rotatable bonds is 6. The van der Waals surface area contributed by atoms with Gasteiger partial charge in [0.1, 0.15) is 5.01 Å². The summed E-state index contributed by atoms with van der Waals surface area (Å²) >= 11 is 1.51. The van der Waals surface area contributed by atoms with Crippen LogP contribution in [0, 0.1) is 0 Å². The molecular weight excluding hydrogens is 320 g/mol. The molecule has 1 saturated heterocycles. The Morgan fingerprint density at radius 1 is 1.50 bits per heavy atom. The van der Waals surface area contributed by atoms with Gasteiger partial charge >= 0.3 is 0 Å². The number of ether oxygens (including phenoxy) is 1. The molecule has 7 heteroatoms. The molecule has 126 valence electrons. The van der Waals surface area contributed by atoms with Gasteiger partial charge in [0.2, 0.25) is 10.0 Å². The second kappa shape index (κ2) is 6.95. The molecule has 0 aliphatic carbocycles. The van der Waals surface area contributed by atoms with E-state index in [0.29, 0.717) is 6.42 Å². The summed E-state index contributed by atoms with van der Waals surface area (Å²) in [5, 5.41) is 2.82. The number of nitrogens with zero attached hydrogens (tertiary/aromatic N) is 1. The van der Waals surface area contributed by atoms with E-state index in [0.717, 1.165) is 30.2 Å². The average molecular weight is 347 g/mol. The minimum atomic E-state index is -3.31. The van der Waals surface area contributed by atoms with E-state index < -0.39 is 10.0 Å². The van der Waals surface area contributed by atoms with E-state index in [1.54, 1.807) is 0 Å². The van der Waals surface area contributed by atoms with Gasteiger partial charge in [0.05, 0.1) is 23.6 Å². The third-order valence-electron chi connectivity index (χ3n) is 3.75. The van der Waals surface area contributed by atoms with Crippen LogP contribution in [0.15, 0.2) is 5.38 Å². The van der Waals surface area contributed by atoms with E-state index in [4.69, 9.17) is 4.74 Å². The van der Waals surface area contributed by atoms with Crippen molar-refractivity contribution in [1.29, 1.82) is 0 Å². The Bertz CT molecular complexity index is 584. The second-order valence-electron chi connectivity index (χ2n) is 6.90. The maximum absolute atomic E-state index is 12.2. The van der Waals surface area contributed by atoms with Crippen LogP contribution in [0.4, 0.5) is 0 Å². The Morgan fingerprint density at radius 3 is 2.77 bits per heavy atom. The Balaban J connectivity index is 1.92. The maximum atomic E-state index is 12.2. The van der Waals surface area contributed by atoms with E-state index in [1.807, 2.05) is 12.3 Å². The Hall–Kier alpha value is -0.500. The topological polar surface area (TPSA) is 68.3 Å². The van der Waals surface area contributed by atoms with Crippen molar-refractivity contribution in [2.24, 2.45) is 0 Å². The van der Waals surface area contributed by atoms with Gasteiger partial charge in [0.15, 0.2) is 0 Å². The first-order valence-electron chi connectivity index (χ1n) is 7.75. The van der Waals surface area contributed by atoms with Crippen LogP contribution in [0.3, 0.4) is 0 Å². The van der Waals surface area contributed by atoms with Crippen LogP contribution in [0.25, 0.3) is 0 Å². The number of hydrogen-bond acceptors (Lipinski definition) is 5. The fraction of sp³-hybridized carbons (Fsp3) is 0.800. The molecule has 2 heterocycles. The van der Waals surface area contributed by atoms with Crippen LogP contribution in [0.1, 0.15) is 63.7 Å². The van der Waals surface area contributed by atoms with Gasteiger partial charge in [-0.3, -0.25) is 0 Å². The van der Waals surface area contributed by atoms with Crippen LogP contribution in [-0.2, 0) is 20.2 Å². The summed E-state index contributed by atoms with van der Waals surface area (Å²) in [7, 11) is -3.31. The average Bonchev–Trinajstić information content (AvgIpc) is 3.07. The molecule has 1 aromatic heterocycles. The third kappa shape index (κ3) is 5.01. The van der Waals surface area contributed by atoms with E-state index >= 15 is 0 Å². The van der Waals surface area contributed by atoms with Crippen LogP contribution in [0.2, 0.25) is 0 Å².